The Hall–Kier alpha value is -3.20. The van der Waals surface area contributed by atoms with Gasteiger partial charge >= 0.3 is 6.09 Å². The first-order valence-electron chi connectivity index (χ1n) is 9.68. The summed E-state index contributed by atoms with van der Waals surface area (Å²) >= 11 is 3.30. The zero-order valence-corrected chi connectivity index (χ0v) is 19.0. The number of para-hydroxylation sites is 1. The number of rotatable bonds is 6. The first kappa shape index (κ1) is 23.5. The molecule has 3 rings (SSSR count). The molecule has 0 saturated carbocycles. The van der Waals surface area contributed by atoms with Gasteiger partial charge in [-0.05, 0) is 58.2 Å². The number of amides is 2. The van der Waals surface area contributed by atoms with Crippen LogP contribution >= 0.6 is 15.9 Å². The minimum Gasteiger partial charge on any atom is -0.492 e. The molecule has 0 aromatic heterocycles. The number of benzene rings is 2. The molecule has 1 aliphatic rings. The Morgan fingerprint density at radius 3 is 2.66 bits per heavy atom. The number of hydrogen-bond donors (Lipinski definition) is 1. The molecule has 0 unspecified atom stereocenters. The number of anilines is 1. The van der Waals surface area contributed by atoms with Crippen molar-refractivity contribution in [3.05, 3.63) is 87.2 Å². The highest BCUT2D eigenvalue weighted by Crippen LogP contribution is 2.32. The number of ether oxygens (including phenoxy) is 2. The molecule has 9 heteroatoms. The molecular formula is C23H21BrF2N2O4. The average molecular weight is 507 g/mol. The lowest BCUT2D eigenvalue weighted by atomic mass is 10.1. The highest BCUT2D eigenvalue weighted by Gasteiger charge is 2.28. The number of alkyl carbamates (subject to hydrolysis) is 1. The molecule has 0 bridgehead atoms. The number of halogens is 3. The summed E-state index contributed by atoms with van der Waals surface area (Å²) in [5, 5.41) is 2.50. The number of nitrogens with one attached hydrogen (secondary N) is 1. The summed E-state index contributed by atoms with van der Waals surface area (Å²) in [4.78, 5) is 25.7. The van der Waals surface area contributed by atoms with Crippen molar-refractivity contribution in [1.82, 2.24) is 5.32 Å². The fourth-order valence-corrected chi connectivity index (χ4v) is 3.61. The summed E-state index contributed by atoms with van der Waals surface area (Å²) in [7, 11) is 1.23. The molecule has 2 amide bonds. The molecular weight excluding hydrogens is 486 g/mol. The van der Waals surface area contributed by atoms with E-state index in [4.69, 9.17) is 4.74 Å². The molecule has 1 heterocycles. The minimum absolute atomic E-state index is 0.0305. The van der Waals surface area contributed by atoms with Crippen molar-refractivity contribution >= 4 is 33.6 Å². The quantitative estimate of drug-likeness (QED) is 0.578. The second-order valence-corrected chi connectivity index (χ2v) is 7.72. The van der Waals surface area contributed by atoms with E-state index in [9.17, 15) is 18.4 Å². The maximum Gasteiger partial charge on any atom is 0.407 e. The van der Waals surface area contributed by atoms with Crippen LogP contribution in [0.2, 0.25) is 0 Å². The van der Waals surface area contributed by atoms with Crippen LogP contribution in [0.15, 0.2) is 64.5 Å². The Morgan fingerprint density at radius 1 is 1.19 bits per heavy atom. The smallest absolute Gasteiger partial charge is 0.407 e. The van der Waals surface area contributed by atoms with Gasteiger partial charge in [0.15, 0.2) is 0 Å². The number of carbonyl (C=O) groups is 2. The highest BCUT2D eigenvalue weighted by molar-refractivity contribution is 9.12. The second kappa shape index (κ2) is 10.4. The van der Waals surface area contributed by atoms with Crippen molar-refractivity contribution in [3.8, 4) is 0 Å². The van der Waals surface area contributed by atoms with Crippen LogP contribution in [0, 0.1) is 11.6 Å². The molecule has 0 saturated heterocycles. The molecule has 0 atom stereocenters. The molecule has 1 aliphatic heterocycles. The lowest BCUT2D eigenvalue weighted by molar-refractivity contribution is -0.114. The maximum atomic E-state index is 14.3. The van der Waals surface area contributed by atoms with Gasteiger partial charge in [0.05, 0.1) is 12.8 Å². The van der Waals surface area contributed by atoms with E-state index in [1.165, 1.54) is 36.3 Å². The van der Waals surface area contributed by atoms with Gasteiger partial charge < -0.3 is 14.8 Å². The van der Waals surface area contributed by atoms with Crippen molar-refractivity contribution in [1.29, 1.82) is 0 Å². The Bertz CT molecular complexity index is 1100. The molecule has 0 fully saturated rings. The lowest BCUT2D eigenvalue weighted by Crippen LogP contribution is -2.29. The molecule has 2 aromatic carbocycles. The topological polar surface area (TPSA) is 67.9 Å². The minimum atomic E-state index is -0.644. The van der Waals surface area contributed by atoms with E-state index in [2.05, 4.69) is 26.0 Å². The van der Waals surface area contributed by atoms with Crippen molar-refractivity contribution in [2.45, 2.75) is 26.5 Å². The number of carbonyl (C=O) groups excluding carboxylic acids is 2. The molecule has 0 aliphatic carbocycles. The van der Waals surface area contributed by atoms with Gasteiger partial charge in [-0.2, -0.15) is 0 Å². The average Bonchev–Trinajstić information content (AvgIpc) is 2.88. The zero-order chi connectivity index (χ0) is 23.3. The van der Waals surface area contributed by atoms with E-state index in [-0.39, 0.29) is 23.3 Å². The monoisotopic (exact) mass is 506 g/mol. The molecule has 32 heavy (non-hydrogen) atoms. The van der Waals surface area contributed by atoms with Crippen LogP contribution < -0.4 is 10.2 Å². The van der Waals surface area contributed by atoms with Crippen LogP contribution in [-0.4, -0.2) is 19.1 Å². The standard InChI is InChI=1S/C23H21BrF2N2O4/c1-14-7-10-20(21(24)22(29)28(14)19-6-4-3-5-18(19)26)32-13-15-8-9-17(25)11-16(15)12-27-23(30)31-2/h3-9,11H,10,12-13H2,1-2H3,(H,27,30). The summed E-state index contributed by atoms with van der Waals surface area (Å²) in [6, 6.07) is 10.1. The van der Waals surface area contributed by atoms with Gasteiger partial charge in [0, 0.05) is 18.7 Å². The van der Waals surface area contributed by atoms with Crippen molar-refractivity contribution in [2.24, 2.45) is 0 Å². The molecule has 6 nitrogen and oxygen atoms in total. The third kappa shape index (κ3) is 5.34. The van der Waals surface area contributed by atoms with Crippen LogP contribution in [0.3, 0.4) is 0 Å². The first-order chi connectivity index (χ1) is 15.3. The largest absolute Gasteiger partial charge is 0.492 e. The number of allylic oxidation sites excluding steroid dienone is 2. The van der Waals surface area contributed by atoms with Crippen LogP contribution in [-0.2, 0) is 27.4 Å². The van der Waals surface area contributed by atoms with E-state index in [1.807, 2.05) is 0 Å². The van der Waals surface area contributed by atoms with Gasteiger partial charge in [-0.15, -0.1) is 0 Å². The van der Waals surface area contributed by atoms with Crippen molar-refractivity contribution < 1.29 is 27.8 Å². The molecule has 1 N–H and O–H groups in total. The zero-order valence-electron chi connectivity index (χ0n) is 17.5. The Labute approximate surface area is 192 Å². The lowest BCUT2D eigenvalue weighted by Gasteiger charge is -2.22. The van der Waals surface area contributed by atoms with Crippen LogP contribution in [0.5, 0.6) is 0 Å². The summed E-state index contributed by atoms with van der Waals surface area (Å²) in [5.41, 5.74) is 1.82. The van der Waals surface area contributed by atoms with Crippen molar-refractivity contribution in [3.63, 3.8) is 0 Å². The summed E-state index contributed by atoms with van der Waals surface area (Å²) < 4.78 is 38.6. The van der Waals surface area contributed by atoms with E-state index >= 15 is 0 Å². The Kier molecular flexibility index (Phi) is 7.63. The highest BCUT2D eigenvalue weighted by atomic mass is 79.9. The third-order valence-electron chi connectivity index (χ3n) is 4.84. The normalized spacial score (nSPS) is 14.1. The first-order valence-corrected chi connectivity index (χ1v) is 10.5. The summed E-state index contributed by atoms with van der Waals surface area (Å²) in [6.07, 6.45) is 1.41. The van der Waals surface area contributed by atoms with Gasteiger partial charge in [-0.1, -0.05) is 24.3 Å². The van der Waals surface area contributed by atoms with E-state index in [0.29, 0.717) is 29.0 Å². The maximum absolute atomic E-state index is 14.3. The van der Waals surface area contributed by atoms with E-state index in [0.717, 1.165) is 0 Å². The van der Waals surface area contributed by atoms with Crippen LogP contribution in [0.1, 0.15) is 24.5 Å². The van der Waals surface area contributed by atoms with Gasteiger partial charge in [-0.3, -0.25) is 9.69 Å². The van der Waals surface area contributed by atoms with Gasteiger partial charge in [0.2, 0.25) is 0 Å². The van der Waals surface area contributed by atoms with Gasteiger partial charge in [0.25, 0.3) is 5.91 Å². The Balaban J connectivity index is 1.82. The fraction of sp³-hybridized carbons (Fsp3) is 0.217. The van der Waals surface area contributed by atoms with E-state index in [1.54, 1.807) is 31.2 Å². The molecule has 0 spiro atoms. The van der Waals surface area contributed by atoms with Crippen LogP contribution in [0.25, 0.3) is 0 Å². The van der Waals surface area contributed by atoms with Crippen LogP contribution in [0.4, 0.5) is 19.3 Å². The number of nitrogens with zero attached hydrogens (tertiary/aromatic N) is 1. The predicted octanol–water partition coefficient (Wildman–Crippen LogP) is 5.28. The number of hydrogen-bond acceptors (Lipinski definition) is 4. The molecule has 168 valence electrons. The third-order valence-corrected chi connectivity index (χ3v) is 5.62. The van der Waals surface area contributed by atoms with Gasteiger partial charge in [0.1, 0.15) is 28.5 Å². The summed E-state index contributed by atoms with van der Waals surface area (Å²) in [5.74, 6) is -1.10. The van der Waals surface area contributed by atoms with Gasteiger partial charge in [-0.25, -0.2) is 13.6 Å². The Morgan fingerprint density at radius 2 is 1.94 bits per heavy atom. The van der Waals surface area contributed by atoms with E-state index < -0.39 is 23.6 Å². The predicted molar refractivity (Wildman–Crippen MR) is 119 cm³/mol. The number of methoxy groups -OCH3 is 1. The SMILES string of the molecule is COC(=O)NCc1cc(F)ccc1COC1=C(Br)C(=O)N(c2ccccc2F)C(C)=CC1. The van der Waals surface area contributed by atoms with Crippen molar-refractivity contribution in [2.75, 3.05) is 12.0 Å². The fourth-order valence-electron chi connectivity index (χ4n) is 3.16. The second-order valence-electron chi connectivity index (χ2n) is 6.93. The summed E-state index contributed by atoms with van der Waals surface area (Å²) in [6.45, 7) is 1.79. The molecule has 2 aromatic rings. The molecule has 0 radical (unpaired) electrons.